The van der Waals surface area contributed by atoms with Gasteiger partial charge in [-0.1, -0.05) is 12.1 Å². The molecular formula is C18H29N3O2. The summed E-state index contributed by atoms with van der Waals surface area (Å²) >= 11 is 0. The van der Waals surface area contributed by atoms with Gasteiger partial charge in [-0.3, -0.25) is 9.69 Å². The second-order valence-electron chi connectivity index (χ2n) is 6.41. The van der Waals surface area contributed by atoms with E-state index in [1.165, 1.54) is 11.3 Å². The zero-order valence-corrected chi connectivity index (χ0v) is 14.3. The molecule has 1 saturated heterocycles. The molecule has 0 radical (unpaired) electrons. The molecule has 0 bridgehead atoms. The van der Waals surface area contributed by atoms with Crippen molar-refractivity contribution in [3.05, 3.63) is 29.8 Å². The summed E-state index contributed by atoms with van der Waals surface area (Å²) in [6.07, 6.45) is 0.788. The Labute approximate surface area is 139 Å². The molecule has 1 aromatic carbocycles. The molecule has 1 amide bonds. The lowest BCUT2D eigenvalue weighted by molar-refractivity contribution is -0.121. The number of carbonyl (C=O) groups is 1. The minimum Gasteiger partial charge on any atom is -0.393 e. The average Bonchev–Trinajstić information content (AvgIpc) is 2.53. The maximum atomic E-state index is 11.8. The van der Waals surface area contributed by atoms with Gasteiger partial charge in [0, 0.05) is 51.4 Å². The molecule has 1 aliphatic heterocycles. The molecule has 2 rings (SSSR count). The van der Waals surface area contributed by atoms with E-state index in [0.717, 1.165) is 32.7 Å². The lowest BCUT2D eigenvalue weighted by atomic mass is 10.2. The number of nitrogens with one attached hydrogen (secondary N) is 1. The second kappa shape index (κ2) is 8.89. The first-order valence-electron chi connectivity index (χ1n) is 8.53. The van der Waals surface area contributed by atoms with E-state index in [2.05, 4.69) is 46.3 Å². The fraction of sp³-hybridized carbons (Fsp3) is 0.611. The predicted octanol–water partition coefficient (Wildman–Crippen LogP) is 1.39. The maximum absolute atomic E-state index is 11.8. The number of nitrogens with zero attached hydrogens (tertiary/aromatic N) is 2. The highest BCUT2D eigenvalue weighted by atomic mass is 16.3. The Morgan fingerprint density at radius 2 is 2.04 bits per heavy atom. The molecule has 5 heteroatoms. The molecule has 1 aromatic rings. The van der Waals surface area contributed by atoms with Gasteiger partial charge in [-0.15, -0.1) is 0 Å². The summed E-state index contributed by atoms with van der Waals surface area (Å²) in [7, 11) is 0. The second-order valence-corrected chi connectivity index (χ2v) is 6.41. The summed E-state index contributed by atoms with van der Waals surface area (Å²) in [5.74, 6) is 0.0757. The monoisotopic (exact) mass is 319 g/mol. The number of aryl methyl sites for hydroxylation is 1. The first-order chi connectivity index (χ1) is 11.0. The summed E-state index contributed by atoms with van der Waals surface area (Å²) in [5.41, 5.74) is 2.58. The van der Waals surface area contributed by atoms with Gasteiger partial charge < -0.3 is 15.3 Å². The van der Waals surface area contributed by atoms with Gasteiger partial charge in [-0.25, -0.2) is 0 Å². The maximum Gasteiger partial charge on any atom is 0.221 e. The highest BCUT2D eigenvalue weighted by molar-refractivity contribution is 5.76. The number of benzene rings is 1. The Hall–Kier alpha value is -1.59. The van der Waals surface area contributed by atoms with Crippen LogP contribution < -0.4 is 10.2 Å². The molecule has 128 valence electrons. The van der Waals surface area contributed by atoms with Crippen LogP contribution in [0.4, 0.5) is 5.69 Å². The Bertz CT molecular complexity index is 497. The molecule has 2 N–H and O–H groups in total. The van der Waals surface area contributed by atoms with Crippen molar-refractivity contribution < 1.29 is 9.90 Å². The van der Waals surface area contributed by atoms with E-state index in [1.807, 2.05) is 0 Å². The lowest BCUT2D eigenvalue weighted by Crippen LogP contribution is -2.47. The molecule has 1 heterocycles. The molecule has 0 saturated carbocycles. The van der Waals surface area contributed by atoms with Crippen molar-refractivity contribution in [2.45, 2.75) is 32.8 Å². The highest BCUT2D eigenvalue weighted by Crippen LogP contribution is 2.17. The van der Waals surface area contributed by atoms with Crippen LogP contribution in [0, 0.1) is 6.92 Å². The van der Waals surface area contributed by atoms with Crippen LogP contribution in [0.15, 0.2) is 24.3 Å². The van der Waals surface area contributed by atoms with Crippen LogP contribution in [-0.4, -0.2) is 61.3 Å². The van der Waals surface area contributed by atoms with Crippen molar-refractivity contribution in [2.24, 2.45) is 0 Å². The van der Waals surface area contributed by atoms with E-state index in [4.69, 9.17) is 0 Å². The van der Waals surface area contributed by atoms with Crippen molar-refractivity contribution in [2.75, 3.05) is 44.2 Å². The van der Waals surface area contributed by atoms with Crippen molar-refractivity contribution >= 4 is 11.6 Å². The number of hydrogen-bond donors (Lipinski definition) is 2. The predicted molar refractivity (Wildman–Crippen MR) is 93.8 cm³/mol. The zero-order valence-electron chi connectivity index (χ0n) is 14.3. The smallest absolute Gasteiger partial charge is 0.221 e. The van der Waals surface area contributed by atoms with Gasteiger partial charge in [-0.05, 0) is 38.0 Å². The lowest BCUT2D eigenvalue weighted by Gasteiger charge is -2.36. The van der Waals surface area contributed by atoms with Crippen molar-refractivity contribution in [1.82, 2.24) is 10.2 Å². The van der Waals surface area contributed by atoms with Crippen molar-refractivity contribution in [3.63, 3.8) is 0 Å². The number of carbonyl (C=O) groups excluding carboxylic acids is 1. The van der Waals surface area contributed by atoms with E-state index in [0.29, 0.717) is 19.4 Å². The zero-order chi connectivity index (χ0) is 16.7. The fourth-order valence-corrected chi connectivity index (χ4v) is 2.82. The number of amides is 1. The van der Waals surface area contributed by atoms with Crippen molar-refractivity contribution in [1.29, 1.82) is 0 Å². The number of aliphatic hydroxyl groups is 1. The Kier molecular flexibility index (Phi) is 6.86. The van der Waals surface area contributed by atoms with Gasteiger partial charge in [0.05, 0.1) is 6.10 Å². The quantitative estimate of drug-likeness (QED) is 0.797. The first-order valence-corrected chi connectivity index (χ1v) is 8.53. The highest BCUT2D eigenvalue weighted by Gasteiger charge is 2.17. The normalized spacial score (nSPS) is 17.1. The van der Waals surface area contributed by atoms with Gasteiger partial charge in [-0.2, -0.15) is 0 Å². The standard InChI is InChI=1S/C18H29N3O2/c1-15-4-3-5-17(14-15)21-12-10-20(11-13-21)9-7-18(23)19-8-6-16(2)22/h3-5,14,16,22H,6-13H2,1-2H3,(H,19,23). The minimum absolute atomic E-state index is 0.0757. The number of rotatable bonds is 7. The molecule has 0 aromatic heterocycles. The fourth-order valence-electron chi connectivity index (χ4n) is 2.82. The van der Waals surface area contributed by atoms with E-state index in [-0.39, 0.29) is 12.0 Å². The minimum atomic E-state index is -0.356. The molecule has 1 fully saturated rings. The Balaban J connectivity index is 1.66. The van der Waals surface area contributed by atoms with Crippen LogP contribution in [-0.2, 0) is 4.79 Å². The van der Waals surface area contributed by atoms with Gasteiger partial charge >= 0.3 is 0 Å². The molecule has 1 aliphatic rings. The molecule has 0 spiro atoms. The molecule has 23 heavy (non-hydrogen) atoms. The first kappa shape index (κ1) is 17.8. The number of aliphatic hydroxyl groups excluding tert-OH is 1. The summed E-state index contributed by atoms with van der Waals surface area (Å²) < 4.78 is 0. The largest absolute Gasteiger partial charge is 0.393 e. The summed E-state index contributed by atoms with van der Waals surface area (Å²) in [5, 5.41) is 12.0. The summed E-state index contributed by atoms with van der Waals surface area (Å²) in [6, 6.07) is 8.62. The SMILES string of the molecule is Cc1cccc(N2CCN(CCC(=O)NCCC(C)O)CC2)c1. The Morgan fingerprint density at radius 3 is 2.70 bits per heavy atom. The van der Waals surface area contributed by atoms with Gasteiger partial charge in [0.2, 0.25) is 5.91 Å². The van der Waals surface area contributed by atoms with E-state index in [9.17, 15) is 9.90 Å². The number of anilines is 1. The topological polar surface area (TPSA) is 55.8 Å². The Morgan fingerprint density at radius 1 is 1.30 bits per heavy atom. The van der Waals surface area contributed by atoms with Crippen LogP contribution in [0.1, 0.15) is 25.3 Å². The number of hydrogen-bond acceptors (Lipinski definition) is 4. The van der Waals surface area contributed by atoms with Crippen LogP contribution in [0.25, 0.3) is 0 Å². The van der Waals surface area contributed by atoms with E-state index >= 15 is 0 Å². The molecule has 1 unspecified atom stereocenters. The van der Waals surface area contributed by atoms with Crippen LogP contribution in [0.2, 0.25) is 0 Å². The average molecular weight is 319 g/mol. The van der Waals surface area contributed by atoms with Crippen LogP contribution in [0.3, 0.4) is 0 Å². The van der Waals surface area contributed by atoms with Crippen molar-refractivity contribution in [3.8, 4) is 0 Å². The van der Waals surface area contributed by atoms with Gasteiger partial charge in [0.25, 0.3) is 0 Å². The van der Waals surface area contributed by atoms with E-state index < -0.39 is 0 Å². The van der Waals surface area contributed by atoms with Crippen LogP contribution >= 0.6 is 0 Å². The van der Waals surface area contributed by atoms with Gasteiger partial charge in [0.15, 0.2) is 0 Å². The number of piperazine rings is 1. The third kappa shape index (κ3) is 6.20. The molecule has 5 nitrogen and oxygen atoms in total. The summed E-state index contributed by atoms with van der Waals surface area (Å²) in [6.45, 7) is 9.22. The molecule has 1 atom stereocenters. The summed E-state index contributed by atoms with van der Waals surface area (Å²) in [4.78, 5) is 16.5. The van der Waals surface area contributed by atoms with Crippen LogP contribution in [0.5, 0.6) is 0 Å². The van der Waals surface area contributed by atoms with Gasteiger partial charge in [0.1, 0.15) is 0 Å². The molecular weight excluding hydrogens is 290 g/mol. The third-order valence-corrected chi connectivity index (χ3v) is 4.28. The molecule has 0 aliphatic carbocycles. The third-order valence-electron chi connectivity index (χ3n) is 4.28. The van der Waals surface area contributed by atoms with E-state index in [1.54, 1.807) is 6.92 Å².